The van der Waals surface area contributed by atoms with Gasteiger partial charge in [-0.3, -0.25) is 0 Å². The highest BCUT2D eigenvalue weighted by atomic mass is 32.1. The monoisotopic (exact) mass is 293 g/mol. The van der Waals surface area contributed by atoms with Gasteiger partial charge in [-0.15, -0.1) is 11.3 Å². The maximum Gasteiger partial charge on any atom is 0.231 e. The van der Waals surface area contributed by atoms with E-state index < -0.39 is 0 Å². The molecule has 0 aromatic carbocycles. The highest BCUT2D eigenvalue weighted by molar-refractivity contribution is 7.09. The molecular weight excluding hydrogens is 270 g/mol. The van der Waals surface area contributed by atoms with E-state index in [9.17, 15) is 0 Å². The fraction of sp³-hybridized carbons (Fsp3) is 0.600. The molecule has 2 aromatic rings. The van der Waals surface area contributed by atoms with Gasteiger partial charge in [0, 0.05) is 17.3 Å². The Morgan fingerprint density at radius 1 is 1.40 bits per heavy atom. The van der Waals surface area contributed by atoms with Crippen LogP contribution in [0.1, 0.15) is 56.1 Å². The predicted molar refractivity (Wildman–Crippen MR) is 82.2 cm³/mol. The minimum Gasteiger partial charge on any atom is -0.339 e. The normalized spacial score (nSPS) is 14.3. The molecule has 2 aromatic heterocycles. The molecule has 110 valence electrons. The Labute approximate surface area is 124 Å². The molecule has 0 spiro atoms. The summed E-state index contributed by atoms with van der Waals surface area (Å²) in [5.74, 6) is 1.77. The first-order valence-corrected chi connectivity index (χ1v) is 8.20. The van der Waals surface area contributed by atoms with Crippen LogP contribution in [-0.2, 0) is 6.42 Å². The number of thiophene rings is 1. The van der Waals surface area contributed by atoms with Crippen molar-refractivity contribution < 1.29 is 4.52 Å². The summed E-state index contributed by atoms with van der Waals surface area (Å²) >= 11 is 1.72. The Kier molecular flexibility index (Phi) is 5.73. The van der Waals surface area contributed by atoms with Crippen LogP contribution in [-0.4, -0.2) is 22.7 Å². The fourth-order valence-electron chi connectivity index (χ4n) is 2.27. The standard InChI is InChI=1S/C15H23N3OS/c1-4-8-16-13(5-2)11(3)15-17-14(18-19-15)10-12-7-6-9-20-12/h6-7,9,11,13,16H,4-5,8,10H2,1-3H3. The average Bonchev–Trinajstić information content (AvgIpc) is 3.11. The van der Waals surface area contributed by atoms with Gasteiger partial charge in [-0.1, -0.05) is 32.0 Å². The zero-order valence-electron chi connectivity index (χ0n) is 12.4. The van der Waals surface area contributed by atoms with Gasteiger partial charge in [-0.25, -0.2) is 0 Å². The first-order valence-electron chi connectivity index (χ1n) is 7.32. The van der Waals surface area contributed by atoms with Gasteiger partial charge in [0.25, 0.3) is 0 Å². The van der Waals surface area contributed by atoms with Gasteiger partial charge in [-0.2, -0.15) is 4.98 Å². The van der Waals surface area contributed by atoms with Crippen molar-refractivity contribution in [3.05, 3.63) is 34.1 Å². The Morgan fingerprint density at radius 2 is 2.25 bits per heavy atom. The van der Waals surface area contributed by atoms with Gasteiger partial charge >= 0.3 is 0 Å². The average molecular weight is 293 g/mol. The third-order valence-electron chi connectivity index (χ3n) is 3.49. The lowest BCUT2D eigenvalue weighted by Crippen LogP contribution is -2.33. The third-order valence-corrected chi connectivity index (χ3v) is 4.36. The van der Waals surface area contributed by atoms with Crippen molar-refractivity contribution >= 4 is 11.3 Å². The molecule has 0 radical (unpaired) electrons. The molecule has 0 saturated heterocycles. The van der Waals surface area contributed by atoms with Gasteiger partial charge in [0.05, 0.1) is 5.92 Å². The highest BCUT2D eigenvalue weighted by Gasteiger charge is 2.22. The first kappa shape index (κ1) is 15.2. The van der Waals surface area contributed by atoms with Crippen LogP contribution in [0.25, 0.3) is 0 Å². The largest absolute Gasteiger partial charge is 0.339 e. The molecule has 5 heteroatoms. The Hall–Kier alpha value is -1.20. The Morgan fingerprint density at radius 3 is 2.90 bits per heavy atom. The van der Waals surface area contributed by atoms with Crippen molar-refractivity contribution in [2.24, 2.45) is 0 Å². The first-order chi connectivity index (χ1) is 9.74. The van der Waals surface area contributed by atoms with Crippen molar-refractivity contribution in [2.45, 2.75) is 52.0 Å². The molecule has 0 amide bonds. The number of aromatic nitrogens is 2. The second kappa shape index (κ2) is 7.55. The SMILES string of the molecule is CCCNC(CC)C(C)c1nc(Cc2cccs2)no1. The molecular formula is C15H23N3OS. The molecule has 0 aliphatic carbocycles. The fourth-order valence-corrected chi connectivity index (χ4v) is 2.97. The van der Waals surface area contributed by atoms with Crippen molar-refractivity contribution in [1.29, 1.82) is 0 Å². The summed E-state index contributed by atoms with van der Waals surface area (Å²) in [6, 6.07) is 4.54. The van der Waals surface area contributed by atoms with Crippen LogP contribution in [0.15, 0.2) is 22.0 Å². The van der Waals surface area contributed by atoms with Crippen molar-refractivity contribution in [2.75, 3.05) is 6.54 Å². The molecule has 4 nitrogen and oxygen atoms in total. The maximum atomic E-state index is 5.44. The molecule has 2 unspecified atom stereocenters. The summed E-state index contributed by atoms with van der Waals surface area (Å²) in [4.78, 5) is 5.82. The highest BCUT2D eigenvalue weighted by Crippen LogP contribution is 2.21. The molecule has 0 aliphatic rings. The summed E-state index contributed by atoms with van der Waals surface area (Å²) in [6.07, 6.45) is 2.95. The van der Waals surface area contributed by atoms with Gasteiger partial charge < -0.3 is 9.84 Å². The number of rotatable bonds is 8. The van der Waals surface area contributed by atoms with E-state index in [4.69, 9.17) is 4.52 Å². The van der Waals surface area contributed by atoms with Crippen LogP contribution in [0.2, 0.25) is 0 Å². The summed E-state index contributed by atoms with van der Waals surface area (Å²) in [6.45, 7) is 7.54. The summed E-state index contributed by atoms with van der Waals surface area (Å²) < 4.78 is 5.44. The van der Waals surface area contributed by atoms with Crippen molar-refractivity contribution in [3.63, 3.8) is 0 Å². The number of hydrogen-bond acceptors (Lipinski definition) is 5. The third kappa shape index (κ3) is 3.90. The topological polar surface area (TPSA) is 51.0 Å². The van der Waals surface area contributed by atoms with E-state index in [0.29, 0.717) is 6.04 Å². The Balaban J connectivity index is 1.99. The van der Waals surface area contributed by atoms with Crippen LogP contribution < -0.4 is 5.32 Å². The molecule has 2 atom stereocenters. The lowest BCUT2D eigenvalue weighted by atomic mass is 9.99. The van der Waals surface area contributed by atoms with Crippen LogP contribution in [0.4, 0.5) is 0 Å². The Bertz CT molecular complexity index is 495. The molecule has 0 aliphatic heterocycles. The lowest BCUT2D eigenvalue weighted by molar-refractivity contribution is 0.318. The number of nitrogens with one attached hydrogen (secondary N) is 1. The lowest BCUT2D eigenvalue weighted by Gasteiger charge is -2.20. The molecule has 1 N–H and O–H groups in total. The molecule has 0 saturated carbocycles. The predicted octanol–water partition coefficient (Wildman–Crippen LogP) is 3.60. The van der Waals surface area contributed by atoms with E-state index in [1.807, 2.05) is 6.07 Å². The van der Waals surface area contributed by atoms with Gasteiger partial charge in [-0.05, 0) is 30.8 Å². The van der Waals surface area contributed by atoms with E-state index in [1.165, 1.54) is 4.88 Å². The summed E-state index contributed by atoms with van der Waals surface area (Å²) in [5, 5.41) is 9.72. The van der Waals surface area contributed by atoms with Gasteiger partial charge in [0.2, 0.25) is 5.89 Å². The quantitative estimate of drug-likeness (QED) is 0.808. The van der Waals surface area contributed by atoms with Gasteiger partial charge in [0.1, 0.15) is 0 Å². The van der Waals surface area contributed by atoms with E-state index in [1.54, 1.807) is 11.3 Å². The van der Waals surface area contributed by atoms with E-state index in [-0.39, 0.29) is 5.92 Å². The molecule has 2 heterocycles. The van der Waals surface area contributed by atoms with Crippen LogP contribution in [0.5, 0.6) is 0 Å². The zero-order chi connectivity index (χ0) is 14.4. The van der Waals surface area contributed by atoms with Gasteiger partial charge in [0.15, 0.2) is 5.82 Å². The van der Waals surface area contributed by atoms with E-state index in [2.05, 4.69) is 47.7 Å². The molecule has 20 heavy (non-hydrogen) atoms. The second-order valence-corrected chi connectivity index (χ2v) is 6.09. The smallest absolute Gasteiger partial charge is 0.231 e. The van der Waals surface area contributed by atoms with E-state index in [0.717, 1.165) is 37.5 Å². The maximum absolute atomic E-state index is 5.44. The minimum atomic E-state index is 0.246. The molecule has 0 bridgehead atoms. The van der Waals surface area contributed by atoms with Crippen LogP contribution >= 0.6 is 11.3 Å². The second-order valence-electron chi connectivity index (χ2n) is 5.06. The van der Waals surface area contributed by atoms with E-state index >= 15 is 0 Å². The van der Waals surface area contributed by atoms with Crippen molar-refractivity contribution in [3.8, 4) is 0 Å². The summed E-state index contributed by atoms with van der Waals surface area (Å²) in [5.41, 5.74) is 0. The van der Waals surface area contributed by atoms with Crippen molar-refractivity contribution in [1.82, 2.24) is 15.5 Å². The summed E-state index contributed by atoms with van der Waals surface area (Å²) in [7, 11) is 0. The van der Waals surface area contributed by atoms with Crippen LogP contribution in [0, 0.1) is 0 Å². The number of nitrogens with zero attached hydrogens (tertiary/aromatic N) is 2. The molecule has 0 fully saturated rings. The van der Waals surface area contributed by atoms with Crippen LogP contribution in [0.3, 0.4) is 0 Å². The molecule has 2 rings (SSSR count). The zero-order valence-corrected chi connectivity index (χ0v) is 13.2. The number of hydrogen-bond donors (Lipinski definition) is 1. The minimum absolute atomic E-state index is 0.246.